The predicted molar refractivity (Wildman–Crippen MR) is 140 cm³/mol. The zero-order valence-electron chi connectivity index (χ0n) is 20.4. The van der Waals surface area contributed by atoms with Crippen LogP contribution in [0.2, 0.25) is 0 Å². The summed E-state index contributed by atoms with van der Waals surface area (Å²) >= 11 is 3.37. The van der Waals surface area contributed by atoms with Crippen molar-refractivity contribution in [3.8, 4) is 0 Å². The molecule has 34 heavy (non-hydrogen) atoms. The predicted octanol–water partition coefficient (Wildman–Crippen LogP) is 0.392. The first kappa shape index (κ1) is 31.5. The van der Waals surface area contributed by atoms with Gasteiger partial charge in [0.1, 0.15) is 6.54 Å². The molecule has 0 atom stereocenters. The normalized spacial score (nSPS) is 18.4. The second-order valence-corrected chi connectivity index (χ2v) is 13.2. The monoisotopic (exact) mass is 557 g/mol. The maximum atomic E-state index is 10.7. The molecule has 0 bridgehead atoms. The zero-order valence-corrected chi connectivity index (χ0v) is 23.7. The van der Waals surface area contributed by atoms with Gasteiger partial charge in [0.05, 0.1) is 50.7 Å². The van der Waals surface area contributed by atoms with Crippen LogP contribution in [-0.2, 0) is 20.2 Å². The molecule has 0 spiro atoms. The minimum absolute atomic E-state index is 0.317. The van der Waals surface area contributed by atoms with Crippen molar-refractivity contribution >= 4 is 48.8 Å². The third kappa shape index (κ3) is 14.1. The Bertz CT molecular complexity index is 907. The summed E-state index contributed by atoms with van der Waals surface area (Å²) in [7, 11) is -8.34. The highest BCUT2D eigenvalue weighted by Crippen LogP contribution is 2.28. The van der Waals surface area contributed by atoms with E-state index in [2.05, 4.69) is 30.2 Å². The Morgan fingerprint density at radius 1 is 0.971 bits per heavy atom. The summed E-state index contributed by atoms with van der Waals surface area (Å²) in [5, 5.41) is 2.09. The number of nitrogens with one attached hydrogen (secondary N) is 1. The minimum Gasteiger partial charge on any atom is -0.748 e. The first-order valence-electron chi connectivity index (χ1n) is 11.7. The number of hydrogen-bond donors (Lipinski definition) is 1. The number of hydrogen-bond acceptors (Lipinski definition) is 9. The van der Waals surface area contributed by atoms with Gasteiger partial charge in [0, 0.05) is 42.8 Å². The lowest BCUT2D eigenvalue weighted by atomic mass is 10.4. The molecule has 1 N–H and O–H groups in total. The molecule has 0 amide bonds. The van der Waals surface area contributed by atoms with Gasteiger partial charge in [-0.1, -0.05) is 17.8 Å². The van der Waals surface area contributed by atoms with Gasteiger partial charge in [0.15, 0.2) is 6.54 Å². The van der Waals surface area contributed by atoms with Gasteiger partial charge in [-0.25, -0.2) is 21.4 Å². The lowest BCUT2D eigenvalue weighted by Crippen LogP contribution is -3.11. The van der Waals surface area contributed by atoms with E-state index in [9.17, 15) is 25.9 Å². The quantitative estimate of drug-likeness (QED) is 0.253. The Morgan fingerprint density at radius 3 is 2.15 bits per heavy atom. The molecule has 0 aliphatic carbocycles. The molecule has 2 heterocycles. The summed E-state index contributed by atoms with van der Waals surface area (Å²) in [4.78, 5) is 3.75. The van der Waals surface area contributed by atoms with E-state index in [0.29, 0.717) is 25.9 Å². The third-order valence-corrected chi connectivity index (χ3v) is 9.20. The van der Waals surface area contributed by atoms with Crippen LogP contribution in [0, 0.1) is 0 Å². The van der Waals surface area contributed by atoms with Crippen LogP contribution in [0.25, 0.3) is 0 Å². The van der Waals surface area contributed by atoms with E-state index in [1.54, 1.807) is 28.4 Å². The molecule has 2 aliphatic rings. The lowest BCUT2D eigenvalue weighted by molar-refractivity contribution is -0.894. The van der Waals surface area contributed by atoms with Crippen molar-refractivity contribution in [2.24, 2.45) is 0 Å². The van der Waals surface area contributed by atoms with E-state index in [1.807, 2.05) is 18.2 Å². The molecule has 9 nitrogen and oxygen atoms in total. The van der Waals surface area contributed by atoms with Crippen LogP contribution in [0.1, 0.15) is 33.6 Å². The van der Waals surface area contributed by atoms with Crippen LogP contribution in [0.4, 0.5) is 0 Å². The second-order valence-electron chi connectivity index (χ2n) is 7.91. The van der Waals surface area contributed by atoms with E-state index in [1.165, 1.54) is 19.6 Å². The van der Waals surface area contributed by atoms with E-state index < -0.39 is 20.2 Å². The Labute approximate surface area is 214 Å². The highest BCUT2D eigenvalue weighted by atomic mass is 32.2. The van der Waals surface area contributed by atoms with Crippen LogP contribution < -0.4 is 4.90 Å². The number of allylic oxidation sites excluding steroid dienone is 2. The van der Waals surface area contributed by atoms with Crippen LogP contribution >= 0.6 is 23.5 Å². The summed E-state index contributed by atoms with van der Waals surface area (Å²) in [6.45, 7) is 13.2. The van der Waals surface area contributed by atoms with Gasteiger partial charge in [0.25, 0.3) is 0 Å². The molecule has 198 valence electrons. The Kier molecular flexibility index (Phi) is 15.0. The molecule has 0 aromatic carbocycles. The maximum Gasteiger partial charge on any atom is 0.234 e. The molecule has 0 aromatic heterocycles. The molecule has 2 aliphatic heterocycles. The van der Waals surface area contributed by atoms with Crippen molar-refractivity contribution < 1.29 is 35.4 Å². The summed E-state index contributed by atoms with van der Waals surface area (Å²) < 4.78 is 66.3. The van der Waals surface area contributed by atoms with Crippen molar-refractivity contribution in [1.29, 1.82) is 0 Å². The fourth-order valence-electron chi connectivity index (χ4n) is 3.50. The average molecular weight is 558 g/mol. The highest BCUT2D eigenvalue weighted by Gasteiger charge is 2.21. The van der Waals surface area contributed by atoms with Gasteiger partial charge in [0.2, 0.25) is 5.04 Å². The highest BCUT2D eigenvalue weighted by molar-refractivity contribution is 8.14. The van der Waals surface area contributed by atoms with Crippen molar-refractivity contribution in [1.82, 2.24) is 4.90 Å². The van der Waals surface area contributed by atoms with Crippen LogP contribution in [0.15, 0.2) is 23.3 Å². The largest absolute Gasteiger partial charge is 0.748 e. The minimum atomic E-state index is -4.17. The van der Waals surface area contributed by atoms with Crippen molar-refractivity contribution in [3.63, 3.8) is 0 Å². The lowest BCUT2D eigenvalue weighted by Gasteiger charge is -2.19. The van der Waals surface area contributed by atoms with Gasteiger partial charge >= 0.3 is 0 Å². The van der Waals surface area contributed by atoms with Crippen LogP contribution in [-0.4, -0.2) is 109 Å². The number of nitrogens with zero attached hydrogens (tertiary/aromatic N) is 2. The first-order valence-corrected chi connectivity index (χ1v) is 16.8. The van der Waals surface area contributed by atoms with Crippen LogP contribution in [0.3, 0.4) is 0 Å². The average Bonchev–Trinajstić information content (AvgIpc) is 3.38. The molecule has 0 radical (unpaired) electrons. The topological polar surface area (TPSA) is 125 Å². The van der Waals surface area contributed by atoms with E-state index >= 15 is 0 Å². The molecule has 13 heteroatoms. The molecule has 1 saturated heterocycles. The molecule has 0 aromatic rings. The van der Waals surface area contributed by atoms with Gasteiger partial charge in [-0.15, -0.1) is 11.8 Å². The maximum absolute atomic E-state index is 10.7. The fourth-order valence-corrected chi connectivity index (χ4v) is 6.59. The van der Waals surface area contributed by atoms with Gasteiger partial charge < -0.3 is 18.9 Å². The van der Waals surface area contributed by atoms with E-state index in [0.717, 1.165) is 34.7 Å². The fraction of sp³-hybridized carbons (Fsp3) is 0.762. The molecule has 0 unspecified atom stereocenters. The molecule has 1 fully saturated rings. The Morgan fingerprint density at radius 2 is 1.59 bits per heavy atom. The van der Waals surface area contributed by atoms with Crippen molar-refractivity contribution in [3.05, 3.63) is 23.3 Å². The molecular formula is C21H39N3O6S4. The van der Waals surface area contributed by atoms with Gasteiger partial charge in [-0.3, -0.25) is 0 Å². The van der Waals surface area contributed by atoms with Crippen LogP contribution in [0.5, 0.6) is 0 Å². The Hall–Kier alpha value is -0.570. The third-order valence-electron chi connectivity index (χ3n) is 5.47. The van der Waals surface area contributed by atoms with Gasteiger partial charge in [-0.05, 0) is 33.3 Å². The molecular weight excluding hydrogens is 519 g/mol. The van der Waals surface area contributed by atoms with E-state index in [4.69, 9.17) is 0 Å². The van der Waals surface area contributed by atoms with Gasteiger partial charge in [-0.2, -0.15) is 0 Å². The smallest absolute Gasteiger partial charge is 0.234 e. The van der Waals surface area contributed by atoms with Crippen molar-refractivity contribution in [2.75, 3.05) is 68.8 Å². The second kappa shape index (κ2) is 16.2. The summed E-state index contributed by atoms with van der Waals surface area (Å²) in [6.07, 6.45) is 6.50. The van der Waals surface area contributed by atoms with Crippen molar-refractivity contribution in [2.45, 2.75) is 33.6 Å². The first-order chi connectivity index (χ1) is 16.0. The standard InChI is InChI=1S/C15H24N2O6S4.C6H15N/c18-26(19,20)12-2-6-16-8-10-24-14(16)4-1-5-15-17(9-11-25-15)7-3-13-27(21,22)23;1-4-7(5-2)6-3/h1,4-5H,2-3,6-13H2,(H-,18,19,20,21,22,23);4-6H2,1-3H3. The zero-order chi connectivity index (χ0) is 25.6. The molecule has 0 saturated carbocycles. The Balaban J connectivity index is 0.000000718. The summed E-state index contributed by atoms with van der Waals surface area (Å²) in [6, 6.07) is 0. The summed E-state index contributed by atoms with van der Waals surface area (Å²) in [5.41, 5.74) is 0. The number of thioether (sulfide) groups is 2. The summed E-state index contributed by atoms with van der Waals surface area (Å²) in [5.74, 6) is 1.15. The molecule has 2 rings (SSSR count). The SMILES string of the molecule is CC[NH+](CC)CC.O=S(=O)([O-])CCCN1CCS/C1=C\C=C\C1=[N+](CCCS(=O)(=O)[O-])CCS1. The number of rotatable bonds is 13. The number of quaternary nitrogens is 1. The van der Waals surface area contributed by atoms with E-state index in [-0.39, 0.29) is 11.5 Å².